The first-order valence-corrected chi connectivity index (χ1v) is 16.5. The van der Waals surface area contributed by atoms with Gasteiger partial charge in [-0.05, 0) is 41.8 Å². The van der Waals surface area contributed by atoms with E-state index in [2.05, 4.69) is 30.2 Å². The van der Waals surface area contributed by atoms with Crippen molar-refractivity contribution in [3.8, 4) is 16.9 Å². The number of methoxy groups -OCH3 is 1. The molecule has 256 valence electrons. The molecule has 1 fully saturated rings. The average Bonchev–Trinajstić information content (AvgIpc) is 3.83. The van der Waals surface area contributed by atoms with Gasteiger partial charge in [0.2, 0.25) is 5.91 Å². The number of nitrogens with zero attached hydrogens (tertiary/aromatic N) is 8. The maximum Gasteiger partial charge on any atom is 0.270 e. The molecule has 7 rings (SSSR count). The third-order valence-electron chi connectivity index (χ3n) is 9.26. The Bertz CT molecular complexity index is 2140. The van der Waals surface area contributed by atoms with Crippen molar-refractivity contribution in [1.29, 1.82) is 0 Å². The van der Waals surface area contributed by atoms with E-state index in [4.69, 9.17) is 10.6 Å². The molecule has 2 amide bonds. The third-order valence-corrected chi connectivity index (χ3v) is 9.26. The molecule has 50 heavy (non-hydrogen) atoms. The number of anilines is 1. The number of fused-ring (bicyclic) bond motifs is 2. The van der Waals surface area contributed by atoms with Gasteiger partial charge in [0.15, 0.2) is 11.5 Å². The standard InChI is InChI=1S/C36H37FN10O3/c1-50-31-7-3-2-6-26(31)28-20-27(24-5-4-13-46(22-24)33(48)8-10-39-11-12-40-38)34(37)35-29(28)21-30(42-35)36(49)45-17-15-44(16-18-45)25-9-14-47-23-41-43-32(47)19-25/h2-3,5-7,9,11-12,14,19-21,23,42H,4,8,10,13,15-18,22,38H2,1H3/b39-11?,40-12-. The molecule has 3 aromatic heterocycles. The molecule has 5 heterocycles. The highest BCUT2D eigenvalue weighted by atomic mass is 19.1. The zero-order chi connectivity index (χ0) is 34.6. The Hall–Kier alpha value is -6.05. The van der Waals surface area contributed by atoms with Crippen molar-refractivity contribution in [3.63, 3.8) is 0 Å². The van der Waals surface area contributed by atoms with Crippen LogP contribution in [0.4, 0.5) is 10.1 Å². The fourth-order valence-corrected chi connectivity index (χ4v) is 6.67. The maximum absolute atomic E-state index is 16.6. The van der Waals surface area contributed by atoms with Crippen LogP contribution < -0.4 is 15.5 Å². The summed E-state index contributed by atoms with van der Waals surface area (Å²) < 4.78 is 24.2. The number of aromatic nitrogens is 4. The number of rotatable bonds is 9. The lowest BCUT2D eigenvalue weighted by Crippen LogP contribution is -2.48. The number of H-pyrrole nitrogens is 1. The van der Waals surface area contributed by atoms with Crippen LogP contribution in [0.15, 0.2) is 77.2 Å². The van der Waals surface area contributed by atoms with E-state index in [-0.39, 0.29) is 30.3 Å². The van der Waals surface area contributed by atoms with Gasteiger partial charge in [0.25, 0.3) is 5.91 Å². The summed E-state index contributed by atoms with van der Waals surface area (Å²) >= 11 is 0. The number of aliphatic imine (C=N–C) groups is 1. The molecule has 0 unspecified atom stereocenters. The number of ether oxygens (including phenoxy) is 1. The Morgan fingerprint density at radius 2 is 1.86 bits per heavy atom. The fourth-order valence-electron chi connectivity index (χ4n) is 6.67. The largest absolute Gasteiger partial charge is 0.496 e. The summed E-state index contributed by atoms with van der Waals surface area (Å²) in [6.07, 6.45) is 9.16. The number of hydrogen-bond donors (Lipinski definition) is 2. The van der Waals surface area contributed by atoms with Gasteiger partial charge < -0.3 is 30.3 Å². The average molecular weight is 677 g/mol. The molecule has 0 radical (unpaired) electrons. The van der Waals surface area contributed by atoms with Crippen LogP contribution in [0.1, 0.15) is 28.9 Å². The highest BCUT2D eigenvalue weighted by Crippen LogP contribution is 2.40. The molecule has 0 aliphatic carbocycles. The number of carbonyl (C=O) groups is 2. The van der Waals surface area contributed by atoms with Crippen LogP contribution in [0.2, 0.25) is 0 Å². The lowest BCUT2D eigenvalue weighted by Gasteiger charge is -2.35. The predicted molar refractivity (Wildman–Crippen MR) is 191 cm³/mol. The summed E-state index contributed by atoms with van der Waals surface area (Å²) in [7, 11) is 1.59. The number of carbonyl (C=O) groups excluding carboxylic acids is 2. The molecule has 2 aliphatic rings. The van der Waals surface area contributed by atoms with Crippen molar-refractivity contribution < 1.29 is 18.7 Å². The van der Waals surface area contributed by atoms with E-state index in [9.17, 15) is 9.59 Å². The second-order valence-electron chi connectivity index (χ2n) is 12.2. The van der Waals surface area contributed by atoms with Crippen molar-refractivity contribution >= 4 is 52.1 Å². The minimum Gasteiger partial charge on any atom is -0.496 e. The highest BCUT2D eigenvalue weighted by molar-refractivity contribution is 6.15. The molecule has 3 N–H and O–H groups in total. The molecule has 13 nitrogen and oxygen atoms in total. The van der Waals surface area contributed by atoms with Gasteiger partial charge in [0, 0.05) is 92.9 Å². The monoisotopic (exact) mass is 676 g/mol. The SMILES string of the molecule is COc1ccccc1-c1cc(C2=CCCN(C(=O)CCN=C/C=N\N)C2)c(F)c2[nH]c(C(=O)N3CCN(c4ccn5cnnc5c4)CC3)cc12. The van der Waals surface area contributed by atoms with Crippen LogP contribution >= 0.6 is 0 Å². The first kappa shape index (κ1) is 32.5. The fraction of sp³-hybridized carbons (Fsp3) is 0.278. The predicted octanol–water partition coefficient (Wildman–Crippen LogP) is 4.01. The zero-order valence-electron chi connectivity index (χ0n) is 27.6. The van der Waals surface area contributed by atoms with Gasteiger partial charge in [0.1, 0.15) is 17.8 Å². The van der Waals surface area contributed by atoms with Gasteiger partial charge in [-0.3, -0.25) is 19.0 Å². The second-order valence-corrected chi connectivity index (χ2v) is 12.2. The Morgan fingerprint density at radius 1 is 1.02 bits per heavy atom. The van der Waals surface area contributed by atoms with E-state index < -0.39 is 5.82 Å². The number of hydrogen-bond acceptors (Lipinski definition) is 9. The third kappa shape index (κ3) is 6.39. The number of aromatic amines is 1. The van der Waals surface area contributed by atoms with Crippen molar-refractivity contribution in [2.75, 3.05) is 57.8 Å². The molecule has 0 spiro atoms. The Balaban J connectivity index is 1.17. The minimum atomic E-state index is -0.474. The molecule has 14 heteroatoms. The smallest absolute Gasteiger partial charge is 0.270 e. The van der Waals surface area contributed by atoms with Crippen LogP contribution in [0.3, 0.4) is 0 Å². The number of amides is 2. The van der Waals surface area contributed by atoms with Gasteiger partial charge in [-0.1, -0.05) is 24.3 Å². The molecule has 0 atom stereocenters. The Labute approximate surface area is 287 Å². The van der Waals surface area contributed by atoms with Crippen LogP contribution in [-0.2, 0) is 4.79 Å². The number of nitrogens with two attached hydrogens (primary N) is 1. The van der Waals surface area contributed by atoms with E-state index in [1.54, 1.807) is 35.4 Å². The molecule has 2 aliphatic heterocycles. The van der Waals surface area contributed by atoms with E-state index in [1.807, 2.05) is 53.1 Å². The number of hydrazone groups is 1. The second kappa shape index (κ2) is 14.2. The summed E-state index contributed by atoms with van der Waals surface area (Å²) in [6, 6.07) is 15.1. The van der Waals surface area contributed by atoms with Gasteiger partial charge in [-0.15, -0.1) is 10.2 Å². The number of pyridine rings is 1. The number of piperazine rings is 1. The molecule has 5 aromatic rings. The highest BCUT2D eigenvalue weighted by Gasteiger charge is 2.28. The van der Waals surface area contributed by atoms with E-state index in [1.165, 1.54) is 12.4 Å². The lowest BCUT2D eigenvalue weighted by molar-refractivity contribution is -0.130. The van der Waals surface area contributed by atoms with Crippen LogP contribution in [-0.4, -0.2) is 107 Å². The molecular formula is C36H37FN10O3. The number of para-hydroxylation sites is 1. The number of halogens is 1. The maximum atomic E-state index is 16.6. The van der Waals surface area contributed by atoms with E-state index in [0.717, 1.165) is 22.5 Å². The quantitative estimate of drug-likeness (QED) is 0.136. The first-order valence-electron chi connectivity index (χ1n) is 16.5. The normalized spacial score (nSPS) is 15.5. The molecule has 2 aromatic carbocycles. The summed E-state index contributed by atoms with van der Waals surface area (Å²) in [5, 5.41) is 12.0. The summed E-state index contributed by atoms with van der Waals surface area (Å²) in [6.45, 7) is 3.36. The van der Waals surface area contributed by atoms with Crippen LogP contribution in [0.25, 0.3) is 33.3 Å². The van der Waals surface area contributed by atoms with Crippen molar-refractivity contribution in [2.24, 2.45) is 15.9 Å². The minimum absolute atomic E-state index is 0.0733. The van der Waals surface area contributed by atoms with Crippen molar-refractivity contribution in [1.82, 2.24) is 29.4 Å². The molecule has 1 saturated heterocycles. The van der Waals surface area contributed by atoms with Gasteiger partial charge in [-0.25, -0.2) is 4.39 Å². The zero-order valence-corrected chi connectivity index (χ0v) is 27.6. The van der Waals surface area contributed by atoms with Crippen molar-refractivity contribution in [2.45, 2.75) is 12.8 Å². The number of nitrogens with one attached hydrogen (secondary N) is 1. The topological polar surface area (TPSA) is 150 Å². The lowest BCUT2D eigenvalue weighted by atomic mass is 9.93. The van der Waals surface area contributed by atoms with E-state index >= 15 is 4.39 Å². The first-order chi connectivity index (χ1) is 24.4. The van der Waals surface area contributed by atoms with Gasteiger partial charge in [0.05, 0.1) is 18.8 Å². The van der Waals surface area contributed by atoms with Crippen molar-refractivity contribution in [3.05, 3.63) is 84.2 Å². The van der Waals surface area contributed by atoms with Gasteiger partial charge in [-0.2, -0.15) is 5.10 Å². The molecular weight excluding hydrogens is 639 g/mol. The molecule has 0 bridgehead atoms. The number of benzene rings is 2. The summed E-state index contributed by atoms with van der Waals surface area (Å²) in [5.74, 6) is 4.96. The van der Waals surface area contributed by atoms with E-state index in [0.29, 0.717) is 73.7 Å². The Morgan fingerprint density at radius 3 is 2.68 bits per heavy atom. The Kier molecular flexibility index (Phi) is 9.23. The van der Waals surface area contributed by atoms with Gasteiger partial charge >= 0.3 is 0 Å². The summed E-state index contributed by atoms with van der Waals surface area (Å²) in [4.78, 5) is 40.0. The molecule has 0 saturated carbocycles. The summed E-state index contributed by atoms with van der Waals surface area (Å²) in [5.41, 5.74) is 4.86. The van der Waals surface area contributed by atoms with Crippen LogP contribution in [0, 0.1) is 5.82 Å². The van der Waals surface area contributed by atoms with Crippen LogP contribution in [0.5, 0.6) is 5.75 Å².